The molecule has 0 heterocycles. The molecule has 0 atom stereocenters. The van der Waals surface area contributed by atoms with Crippen molar-refractivity contribution in [2.75, 3.05) is 12.4 Å². The number of carbonyl (C=O) groups excluding carboxylic acids is 1. The molecule has 0 spiro atoms. The second kappa shape index (κ2) is 9.42. The van der Waals surface area contributed by atoms with E-state index in [9.17, 15) is 4.79 Å². The summed E-state index contributed by atoms with van der Waals surface area (Å²) in [7, 11) is 1.60. The molecule has 142 valence electrons. The minimum absolute atomic E-state index is 0.183. The predicted molar refractivity (Wildman–Crippen MR) is 113 cm³/mol. The highest BCUT2D eigenvalue weighted by Gasteiger charge is 2.06. The molecule has 0 unspecified atom stereocenters. The van der Waals surface area contributed by atoms with E-state index in [0.717, 1.165) is 22.4 Å². The summed E-state index contributed by atoms with van der Waals surface area (Å²) in [5, 5.41) is 2.88. The van der Waals surface area contributed by atoms with E-state index >= 15 is 0 Å². The van der Waals surface area contributed by atoms with Gasteiger partial charge in [-0.05, 0) is 47.9 Å². The fourth-order valence-corrected chi connectivity index (χ4v) is 2.70. The van der Waals surface area contributed by atoms with Crippen molar-refractivity contribution in [1.82, 2.24) is 0 Å². The molecule has 4 nitrogen and oxygen atoms in total. The summed E-state index contributed by atoms with van der Waals surface area (Å²) in [4.78, 5) is 12.2. The molecule has 3 aromatic carbocycles. The number of hydrogen-bond donors (Lipinski definition) is 1. The van der Waals surface area contributed by atoms with E-state index < -0.39 is 0 Å². The third kappa shape index (κ3) is 5.24. The standard InChI is InChI=1S/C24H23NO3/c1-18-8-6-7-11-21(18)25-24(26)15-13-19-12-14-22(23(16-19)27-2)28-17-20-9-4-3-5-10-20/h3-16H,17H2,1-2H3,(H,25,26). The zero-order valence-electron chi connectivity index (χ0n) is 16.0. The monoisotopic (exact) mass is 373 g/mol. The van der Waals surface area contributed by atoms with Gasteiger partial charge < -0.3 is 14.8 Å². The van der Waals surface area contributed by atoms with Crippen molar-refractivity contribution in [2.24, 2.45) is 0 Å². The van der Waals surface area contributed by atoms with E-state index in [1.807, 2.05) is 79.7 Å². The van der Waals surface area contributed by atoms with E-state index in [1.54, 1.807) is 13.2 Å². The fraction of sp³-hybridized carbons (Fsp3) is 0.125. The molecule has 3 rings (SSSR count). The Morgan fingerprint density at radius 2 is 1.71 bits per heavy atom. The van der Waals surface area contributed by atoms with Crippen LogP contribution in [0.3, 0.4) is 0 Å². The largest absolute Gasteiger partial charge is 0.493 e. The number of ether oxygens (including phenoxy) is 2. The highest BCUT2D eigenvalue weighted by atomic mass is 16.5. The maximum atomic E-state index is 12.2. The SMILES string of the molecule is COc1cc(C=CC(=O)Nc2ccccc2C)ccc1OCc1ccccc1. The lowest BCUT2D eigenvalue weighted by molar-refractivity contribution is -0.111. The zero-order chi connectivity index (χ0) is 19.8. The summed E-state index contributed by atoms with van der Waals surface area (Å²) in [5.74, 6) is 1.10. The molecule has 0 aliphatic heterocycles. The summed E-state index contributed by atoms with van der Waals surface area (Å²) < 4.78 is 11.3. The number of amides is 1. The second-order valence-electron chi connectivity index (χ2n) is 6.32. The molecule has 0 aromatic heterocycles. The number of para-hydroxylation sites is 1. The van der Waals surface area contributed by atoms with Crippen LogP contribution in [0.1, 0.15) is 16.7 Å². The van der Waals surface area contributed by atoms with Gasteiger partial charge in [0.25, 0.3) is 0 Å². The fourth-order valence-electron chi connectivity index (χ4n) is 2.70. The molecule has 0 saturated carbocycles. The van der Waals surface area contributed by atoms with E-state index in [2.05, 4.69) is 5.32 Å². The lowest BCUT2D eigenvalue weighted by Gasteiger charge is -2.11. The summed E-state index contributed by atoms with van der Waals surface area (Å²) in [6, 6.07) is 23.2. The Hall–Kier alpha value is -3.53. The van der Waals surface area contributed by atoms with E-state index in [-0.39, 0.29) is 5.91 Å². The molecular weight excluding hydrogens is 350 g/mol. The van der Waals surface area contributed by atoms with Crippen LogP contribution in [0.4, 0.5) is 5.69 Å². The third-order valence-electron chi connectivity index (χ3n) is 4.25. The van der Waals surface area contributed by atoms with Crippen LogP contribution < -0.4 is 14.8 Å². The molecule has 0 bridgehead atoms. The molecule has 0 saturated heterocycles. The minimum Gasteiger partial charge on any atom is -0.493 e. The Morgan fingerprint density at radius 3 is 2.46 bits per heavy atom. The molecule has 1 N–H and O–H groups in total. The Balaban J connectivity index is 1.65. The number of nitrogens with one attached hydrogen (secondary N) is 1. The van der Waals surface area contributed by atoms with Gasteiger partial charge in [0.1, 0.15) is 6.61 Å². The molecule has 0 aliphatic carbocycles. The number of aryl methyl sites for hydroxylation is 1. The van der Waals surface area contributed by atoms with Gasteiger partial charge in [-0.15, -0.1) is 0 Å². The average molecular weight is 373 g/mol. The number of carbonyl (C=O) groups is 1. The maximum Gasteiger partial charge on any atom is 0.248 e. The molecule has 4 heteroatoms. The smallest absolute Gasteiger partial charge is 0.248 e. The van der Waals surface area contributed by atoms with Gasteiger partial charge in [-0.3, -0.25) is 4.79 Å². The van der Waals surface area contributed by atoms with Crippen LogP contribution in [0.15, 0.2) is 78.9 Å². The molecule has 0 radical (unpaired) electrons. The Bertz CT molecular complexity index is 965. The highest BCUT2D eigenvalue weighted by molar-refractivity contribution is 6.02. The van der Waals surface area contributed by atoms with E-state index in [4.69, 9.17) is 9.47 Å². The van der Waals surface area contributed by atoms with Crippen molar-refractivity contribution in [3.05, 3.63) is 95.6 Å². The van der Waals surface area contributed by atoms with Crippen molar-refractivity contribution in [3.63, 3.8) is 0 Å². The highest BCUT2D eigenvalue weighted by Crippen LogP contribution is 2.29. The van der Waals surface area contributed by atoms with Gasteiger partial charge in [-0.2, -0.15) is 0 Å². The lowest BCUT2D eigenvalue weighted by Crippen LogP contribution is -2.08. The van der Waals surface area contributed by atoms with E-state index in [1.165, 1.54) is 6.08 Å². The number of benzene rings is 3. The van der Waals surface area contributed by atoms with Crippen molar-refractivity contribution in [1.29, 1.82) is 0 Å². The first kappa shape index (κ1) is 19.2. The number of hydrogen-bond acceptors (Lipinski definition) is 3. The molecule has 1 amide bonds. The van der Waals surface area contributed by atoms with Gasteiger partial charge in [0.15, 0.2) is 11.5 Å². The van der Waals surface area contributed by atoms with Crippen molar-refractivity contribution >= 4 is 17.7 Å². The number of anilines is 1. The van der Waals surface area contributed by atoms with E-state index in [0.29, 0.717) is 18.1 Å². The van der Waals surface area contributed by atoms with Crippen LogP contribution >= 0.6 is 0 Å². The first-order chi connectivity index (χ1) is 13.7. The van der Waals surface area contributed by atoms with Crippen LogP contribution in [0.25, 0.3) is 6.08 Å². The Morgan fingerprint density at radius 1 is 0.964 bits per heavy atom. The minimum atomic E-state index is -0.183. The van der Waals surface area contributed by atoms with Gasteiger partial charge in [-0.25, -0.2) is 0 Å². The first-order valence-corrected chi connectivity index (χ1v) is 9.05. The van der Waals surface area contributed by atoms with Crippen molar-refractivity contribution in [3.8, 4) is 11.5 Å². The predicted octanol–water partition coefficient (Wildman–Crippen LogP) is 5.23. The topological polar surface area (TPSA) is 47.6 Å². The second-order valence-corrected chi connectivity index (χ2v) is 6.32. The summed E-state index contributed by atoms with van der Waals surface area (Å²) in [6.07, 6.45) is 3.25. The van der Waals surface area contributed by atoms with Gasteiger partial charge in [-0.1, -0.05) is 54.6 Å². The van der Waals surface area contributed by atoms with Crippen molar-refractivity contribution < 1.29 is 14.3 Å². The van der Waals surface area contributed by atoms with Crippen LogP contribution in [0.5, 0.6) is 11.5 Å². The quantitative estimate of drug-likeness (QED) is 0.577. The van der Waals surface area contributed by atoms with Crippen LogP contribution in [0.2, 0.25) is 0 Å². The van der Waals surface area contributed by atoms with Crippen LogP contribution in [-0.4, -0.2) is 13.0 Å². The molecule has 0 aliphatic rings. The van der Waals surface area contributed by atoms with Crippen molar-refractivity contribution in [2.45, 2.75) is 13.5 Å². The van der Waals surface area contributed by atoms with Gasteiger partial charge >= 0.3 is 0 Å². The summed E-state index contributed by atoms with van der Waals surface area (Å²) in [6.45, 7) is 2.42. The summed E-state index contributed by atoms with van der Waals surface area (Å²) >= 11 is 0. The van der Waals surface area contributed by atoms with Crippen LogP contribution in [-0.2, 0) is 11.4 Å². The first-order valence-electron chi connectivity index (χ1n) is 9.05. The lowest BCUT2D eigenvalue weighted by atomic mass is 10.1. The molecule has 0 fully saturated rings. The normalized spacial score (nSPS) is 10.6. The van der Waals surface area contributed by atoms with Gasteiger partial charge in [0.2, 0.25) is 5.91 Å². The summed E-state index contributed by atoms with van der Waals surface area (Å²) in [5.41, 5.74) is 3.76. The maximum absolute atomic E-state index is 12.2. The number of rotatable bonds is 7. The third-order valence-corrected chi connectivity index (χ3v) is 4.25. The Kier molecular flexibility index (Phi) is 6.47. The van der Waals surface area contributed by atoms with Crippen LogP contribution in [0, 0.1) is 6.92 Å². The molecule has 28 heavy (non-hydrogen) atoms. The number of methoxy groups -OCH3 is 1. The van der Waals surface area contributed by atoms with Gasteiger partial charge in [0, 0.05) is 11.8 Å². The van der Waals surface area contributed by atoms with Gasteiger partial charge in [0.05, 0.1) is 7.11 Å². The molecular formula is C24H23NO3. The molecule has 3 aromatic rings. The average Bonchev–Trinajstić information content (AvgIpc) is 2.73. The zero-order valence-corrected chi connectivity index (χ0v) is 16.0. The Labute approximate surface area is 165 Å².